The summed E-state index contributed by atoms with van der Waals surface area (Å²) in [5.41, 5.74) is 7.77. The lowest BCUT2D eigenvalue weighted by Gasteiger charge is -2.05. The van der Waals surface area contributed by atoms with Crippen molar-refractivity contribution in [3.8, 4) is 0 Å². The average Bonchev–Trinajstić information content (AvgIpc) is 3.10. The van der Waals surface area contributed by atoms with Gasteiger partial charge >= 0.3 is 0 Å². The second-order valence-corrected chi connectivity index (χ2v) is 4.76. The molecule has 3 heterocycles. The third-order valence-electron chi connectivity index (χ3n) is 3.25. The lowest BCUT2D eigenvalue weighted by atomic mass is 10.3. The third kappa shape index (κ3) is 2.08. The molecule has 110 valence electrons. The number of hydrogen-bond acceptors (Lipinski definition) is 6. The van der Waals surface area contributed by atoms with Crippen molar-refractivity contribution < 1.29 is 4.39 Å². The second-order valence-electron chi connectivity index (χ2n) is 4.76. The van der Waals surface area contributed by atoms with Gasteiger partial charge < -0.3 is 16.0 Å². The van der Waals surface area contributed by atoms with Crippen LogP contribution in [-0.4, -0.2) is 29.5 Å². The maximum absolute atomic E-state index is 13.2. The predicted molar refractivity (Wildman–Crippen MR) is 78.6 cm³/mol. The fraction of sp³-hybridized carbons (Fsp3) is 0.0769. The first-order valence-electron chi connectivity index (χ1n) is 6.53. The second kappa shape index (κ2) is 4.65. The Labute approximate surface area is 123 Å². The van der Waals surface area contributed by atoms with E-state index < -0.39 is 0 Å². The molecular weight excluding hydrogens is 287 g/mol. The lowest BCUT2D eigenvalue weighted by molar-refractivity contribution is 0.629. The third-order valence-corrected chi connectivity index (χ3v) is 3.25. The van der Waals surface area contributed by atoms with Crippen LogP contribution in [0.3, 0.4) is 0 Å². The van der Waals surface area contributed by atoms with E-state index in [2.05, 4.69) is 30.5 Å². The molecule has 4 N–H and O–H groups in total. The van der Waals surface area contributed by atoms with Gasteiger partial charge in [-0.2, -0.15) is 4.98 Å². The van der Waals surface area contributed by atoms with Gasteiger partial charge in [0.05, 0.1) is 17.6 Å². The Morgan fingerprint density at radius 2 is 2.18 bits per heavy atom. The minimum absolute atomic E-state index is 0.289. The summed E-state index contributed by atoms with van der Waals surface area (Å²) < 4.78 is 14.7. The normalized spacial score (nSPS) is 11.3. The van der Waals surface area contributed by atoms with Gasteiger partial charge in [0.1, 0.15) is 23.8 Å². The Bertz CT molecular complexity index is 973. The van der Waals surface area contributed by atoms with Crippen LogP contribution in [0.25, 0.3) is 16.7 Å². The van der Waals surface area contributed by atoms with E-state index in [1.807, 2.05) is 0 Å². The van der Waals surface area contributed by atoms with Crippen LogP contribution in [0.5, 0.6) is 0 Å². The Morgan fingerprint density at radius 3 is 3.09 bits per heavy atom. The number of rotatable bonds is 3. The van der Waals surface area contributed by atoms with Crippen LogP contribution in [0.4, 0.5) is 16.2 Å². The number of aromatic amines is 1. The monoisotopic (exact) mass is 298 g/mol. The van der Waals surface area contributed by atoms with Gasteiger partial charge in [0.25, 0.3) is 0 Å². The lowest BCUT2D eigenvalue weighted by Crippen LogP contribution is -2.07. The van der Waals surface area contributed by atoms with E-state index in [1.165, 1.54) is 18.5 Å². The first-order chi connectivity index (χ1) is 10.7. The largest absolute Gasteiger partial charge is 0.369 e. The zero-order valence-electron chi connectivity index (χ0n) is 11.3. The number of nitrogen functional groups attached to an aromatic ring is 1. The standard InChI is InChI=1S/C13H11FN8/c14-7-1-2-8-9(3-7)19-11(18-8)5-16-10-4-12-21-17-6-22(12)13(15)20-10/h1-4,6,16H,5H2,(H2,15,20)(H,18,19). The molecule has 0 fully saturated rings. The predicted octanol–water partition coefficient (Wildman–Crippen LogP) is 1.33. The molecular formula is C13H11FN8. The number of nitrogens with one attached hydrogen (secondary N) is 2. The van der Waals surface area contributed by atoms with Crippen molar-refractivity contribution in [3.63, 3.8) is 0 Å². The van der Waals surface area contributed by atoms with Crippen LogP contribution >= 0.6 is 0 Å². The van der Waals surface area contributed by atoms with Crippen molar-refractivity contribution in [2.24, 2.45) is 0 Å². The number of H-pyrrole nitrogens is 1. The number of aromatic nitrogens is 6. The minimum Gasteiger partial charge on any atom is -0.369 e. The van der Waals surface area contributed by atoms with Gasteiger partial charge in [-0.05, 0) is 18.2 Å². The number of benzene rings is 1. The van der Waals surface area contributed by atoms with Crippen LogP contribution in [0, 0.1) is 5.82 Å². The van der Waals surface area contributed by atoms with Crippen molar-refractivity contribution in [1.82, 2.24) is 29.5 Å². The molecule has 4 rings (SSSR count). The molecule has 0 unspecified atom stereocenters. The number of imidazole rings is 1. The van der Waals surface area contributed by atoms with Gasteiger partial charge in [-0.1, -0.05) is 0 Å². The number of fused-ring (bicyclic) bond motifs is 2. The molecule has 9 heteroatoms. The zero-order chi connectivity index (χ0) is 15.1. The fourth-order valence-corrected chi connectivity index (χ4v) is 2.23. The minimum atomic E-state index is -0.303. The van der Waals surface area contributed by atoms with Gasteiger partial charge in [-0.15, -0.1) is 10.2 Å². The maximum atomic E-state index is 13.2. The van der Waals surface area contributed by atoms with Crippen molar-refractivity contribution in [2.45, 2.75) is 6.54 Å². The summed E-state index contributed by atoms with van der Waals surface area (Å²) in [6.45, 7) is 0.396. The van der Waals surface area contributed by atoms with Crippen molar-refractivity contribution in [1.29, 1.82) is 0 Å². The molecule has 0 radical (unpaired) electrons. The summed E-state index contributed by atoms with van der Waals surface area (Å²) >= 11 is 0. The highest BCUT2D eigenvalue weighted by atomic mass is 19.1. The molecule has 0 spiro atoms. The highest BCUT2D eigenvalue weighted by Gasteiger charge is 2.07. The van der Waals surface area contributed by atoms with Crippen LogP contribution in [-0.2, 0) is 6.54 Å². The van der Waals surface area contributed by atoms with Crippen molar-refractivity contribution in [3.05, 3.63) is 42.2 Å². The van der Waals surface area contributed by atoms with Crippen molar-refractivity contribution in [2.75, 3.05) is 11.1 Å². The number of halogens is 1. The summed E-state index contributed by atoms with van der Waals surface area (Å²) in [6.07, 6.45) is 1.50. The zero-order valence-corrected chi connectivity index (χ0v) is 11.3. The Kier molecular flexibility index (Phi) is 2.65. The summed E-state index contributed by atoms with van der Waals surface area (Å²) in [6, 6.07) is 6.14. The molecule has 0 aliphatic heterocycles. The quantitative estimate of drug-likeness (QED) is 0.526. The van der Waals surface area contributed by atoms with Crippen molar-refractivity contribution >= 4 is 28.4 Å². The van der Waals surface area contributed by atoms with E-state index in [-0.39, 0.29) is 11.8 Å². The van der Waals surface area contributed by atoms with Crippen LogP contribution in [0.15, 0.2) is 30.6 Å². The average molecular weight is 298 g/mol. The van der Waals surface area contributed by atoms with E-state index in [4.69, 9.17) is 5.73 Å². The summed E-state index contributed by atoms with van der Waals surface area (Å²) in [5, 5.41) is 10.8. The van der Waals surface area contributed by atoms with Gasteiger partial charge in [0.15, 0.2) is 5.65 Å². The number of nitrogens with two attached hydrogens (primary N) is 1. The van der Waals surface area contributed by atoms with Crippen LogP contribution in [0.2, 0.25) is 0 Å². The summed E-state index contributed by atoms with van der Waals surface area (Å²) in [5.74, 6) is 1.21. The van der Waals surface area contributed by atoms with Crippen LogP contribution in [0.1, 0.15) is 5.82 Å². The molecule has 8 nitrogen and oxygen atoms in total. The van der Waals surface area contributed by atoms with E-state index >= 15 is 0 Å². The smallest absolute Gasteiger partial charge is 0.209 e. The first kappa shape index (κ1) is 12.5. The number of anilines is 2. The molecule has 0 atom stereocenters. The summed E-state index contributed by atoms with van der Waals surface area (Å²) in [7, 11) is 0. The van der Waals surface area contributed by atoms with E-state index in [1.54, 1.807) is 16.5 Å². The molecule has 0 saturated heterocycles. The number of hydrogen-bond donors (Lipinski definition) is 3. The number of nitrogens with zero attached hydrogens (tertiary/aromatic N) is 5. The highest BCUT2D eigenvalue weighted by Crippen LogP contribution is 2.15. The molecule has 0 aliphatic rings. The Hall–Kier alpha value is -3.23. The van der Waals surface area contributed by atoms with Gasteiger partial charge in [-0.3, -0.25) is 4.40 Å². The molecule has 0 amide bonds. The summed E-state index contributed by atoms with van der Waals surface area (Å²) in [4.78, 5) is 11.6. The highest BCUT2D eigenvalue weighted by molar-refractivity contribution is 5.75. The van der Waals surface area contributed by atoms with Gasteiger partial charge in [0, 0.05) is 6.07 Å². The maximum Gasteiger partial charge on any atom is 0.209 e. The molecule has 0 saturated carbocycles. The molecule has 22 heavy (non-hydrogen) atoms. The molecule has 1 aromatic carbocycles. The van der Waals surface area contributed by atoms with E-state index in [9.17, 15) is 4.39 Å². The van der Waals surface area contributed by atoms with Crippen LogP contribution < -0.4 is 11.1 Å². The first-order valence-corrected chi connectivity index (χ1v) is 6.53. The Balaban J connectivity index is 1.59. The Morgan fingerprint density at radius 1 is 1.27 bits per heavy atom. The van der Waals surface area contributed by atoms with E-state index in [0.29, 0.717) is 34.9 Å². The molecule has 0 bridgehead atoms. The molecule has 4 aromatic rings. The SMILES string of the molecule is Nc1nc(NCc2nc3ccc(F)cc3[nH]2)cc2nncn12. The topological polar surface area (TPSA) is 110 Å². The van der Waals surface area contributed by atoms with Gasteiger partial charge in [0.2, 0.25) is 5.95 Å². The van der Waals surface area contributed by atoms with E-state index in [0.717, 1.165) is 0 Å². The fourth-order valence-electron chi connectivity index (χ4n) is 2.23. The molecule has 0 aliphatic carbocycles. The van der Waals surface area contributed by atoms with Gasteiger partial charge in [-0.25, -0.2) is 9.37 Å². The molecule has 3 aromatic heterocycles.